The maximum atomic E-state index is 11.0. The molecule has 0 fully saturated rings. The number of nitrogens with zero attached hydrogens (tertiary/aromatic N) is 4. The zero-order valence-corrected chi connectivity index (χ0v) is 15.0. The fourth-order valence-corrected chi connectivity index (χ4v) is 2.23. The van der Waals surface area contributed by atoms with Crippen LogP contribution < -0.4 is 10.6 Å². The number of aryl methyl sites for hydroxylation is 1. The lowest BCUT2D eigenvalue weighted by Gasteiger charge is -2.12. The summed E-state index contributed by atoms with van der Waals surface area (Å²) in [6.45, 7) is 7.24. The number of rotatable bonds is 11. The molecule has 0 atom stereocenters. The van der Waals surface area contributed by atoms with Crippen LogP contribution in [0.4, 0.5) is 0 Å². The van der Waals surface area contributed by atoms with E-state index in [1.807, 2.05) is 11.5 Å². The number of aliphatic imine (C=N–C) groups is 1. The Morgan fingerprint density at radius 2 is 2.12 bits per heavy atom. The highest BCUT2D eigenvalue weighted by Crippen LogP contribution is 2.01. The molecule has 1 rings (SSSR count). The van der Waals surface area contributed by atoms with E-state index in [0.717, 1.165) is 63.6 Å². The van der Waals surface area contributed by atoms with Crippen molar-refractivity contribution < 1.29 is 9.53 Å². The van der Waals surface area contributed by atoms with Gasteiger partial charge in [0.25, 0.3) is 0 Å². The van der Waals surface area contributed by atoms with Crippen molar-refractivity contribution in [3.8, 4) is 0 Å². The minimum Gasteiger partial charge on any atom is -0.469 e. The van der Waals surface area contributed by atoms with Gasteiger partial charge in [-0.05, 0) is 19.8 Å². The SMILES string of the molecule is CCNC(=NCCCCCC(=O)OC)NCCn1cnnc1CC. The molecule has 0 aliphatic carbocycles. The first-order valence-electron chi connectivity index (χ1n) is 8.66. The van der Waals surface area contributed by atoms with Crippen molar-refractivity contribution in [3.63, 3.8) is 0 Å². The summed E-state index contributed by atoms with van der Waals surface area (Å²) in [5.74, 6) is 1.66. The Hall–Kier alpha value is -2.12. The first kappa shape index (κ1) is 19.9. The van der Waals surface area contributed by atoms with Crippen LogP contribution in [0.3, 0.4) is 0 Å². The topological polar surface area (TPSA) is 93.4 Å². The average Bonchev–Trinajstić information content (AvgIpc) is 3.05. The van der Waals surface area contributed by atoms with E-state index in [1.165, 1.54) is 7.11 Å². The third-order valence-corrected chi connectivity index (χ3v) is 3.54. The number of hydrogen-bond donors (Lipinski definition) is 2. The lowest BCUT2D eigenvalue weighted by molar-refractivity contribution is -0.140. The van der Waals surface area contributed by atoms with Crippen molar-refractivity contribution in [2.45, 2.75) is 52.5 Å². The largest absolute Gasteiger partial charge is 0.469 e. The number of nitrogens with one attached hydrogen (secondary N) is 2. The van der Waals surface area contributed by atoms with Gasteiger partial charge in [0, 0.05) is 39.0 Å². The van der Waals surface area contributed by atoms with Gasteiger partial charge >= 0.3 is 5.97 Å². The van der Waals surface area contributed by atoms with E-state index < -0.39 is 0 Å². The molecule has 1 aromatic heterocycles. The van der Waals surface area contributed by atoms with Gasteiger partial charge in [0.2, 0.25) is 0 Å². The lowest BCUT2D eigenvalue weighted by atomic mass is 10.2. The van der Waals surface area contributed by atoms with Gasteiger partial charge < -0.3 is 19.9 Å². The number of esters is 1. The minimum atomic E-state index is -0.144. The summed E-state index contributed by atoms with van der Waals surface area (Å²) in [6.07, 6.45) is 5.89. The van der Waals surface area contributed by atoms with Crippen LogP contribution in [0.25, 0.3) is 0 Å². The third-order valence-electron chi connectivity index (χ3n) is 3.54. The van der Waals surface area contributed by atoms with Gasteiger partial charge in [-0.3, -0.25) is 9.79 Å². The Labute approximate surface area is 144 Å². The van der Waals surface area contributed by atoms with Crippen LogP contribution in [0, 0.1) is 0 Å². The van der Waals surface area contributed by atoms with Gasteiger partial charge in [-0.25, -0.2) is 0 Å². The fourth-order valence-electron chi connectivity index (χ4n) is 2.23. The van der Waals surface area contributed by atoms with Crippen molar-refractivity contribution >= 4 is 11.9 Å². The Morgan fingerprint density at radius 1 is 1.29 bits per heavy atom. The monoisotopic (exact) mass is 338 g/mol. The number of unbranched alkanes of at least 4 members (excludes halogenated alkanes) is 2. The molecule has 8 nitrogen and oxygen atoms in total. The molecule has 1 aromatic rings. The molecule has 24 heavy (non-hydrogen) atoms. The van der Waals surface area contributed by atoms with Gasteiger partial charge in [-0.15, -0.1) is 10.2 Å². The zero-order chi connectivity index (χ0) is 17.6. The minimum absolute atomic E-state index is 0.144. The van der Waals surface area contributed by atoms with E-state index in [4.69, 9.17) is 0 Å². The van der Waals surface area contributed by atoms with Crippen molar-refractivity contribution in [1.29, 1.82) is 0 Å². The van der Waals surface area contributed by atoms with Crippen LogP contribution >= 0.6 is 0 Å². The molecule has 0 saturated carbocycles. The van der Waals surface area contributed by atoms with Gasteiger partial charge in [0.15, 0.2) is 5.96 Å². The van der Waals surface area contributed by atoms with Gasteiger partial charge in [-0.1, -0.05) is 13.3 Å². The Morgan fingerprint density at radius 3 is 2.83 bits per heavy atom. The summed E-state index contributed by atoms with van der Waals surface area (Å²) >= 11 is 0. The van der Waals surface area contributed by atoms with Gasteiger partial charge in [-0.2, -0.15) is 0 Å². The molecular formula is C16H30N6O2. The number of guanidine groups is 1. The van der Waals surface area contributed by atoms with Crippen LogP contribution in [-0.4, -0.2) is 53.4 Å². The van der Waals surface area contributed by atoms with Crippen molar-refractivity contribution in [1.82, 2.24) is 25.4 Å². The van der Waals surface area contributed by atoms with E-state index in [1.54, 1.807) is 6.33 Å². The predicted octanol–water partition coefficient (Wildman–Crippen LogP) is 1.13. The second kappa shape index (κ2) is 12.3. The summed E-state index contributed by atoms with van der Waals surface area (Å²) in [7, 11) is 1.42. The summed E-state index contributed by atoms with van der Waals surface area (Å²) < 4.78 is 6.67. The van der Waals surface area contributed by atoms with E-state index >= 15 is 0 Å². The predicted molar refractivity (Wildman–Crippen MR) is 93.9 cm³/mol. The summed E-state index contributed by atoms with van der Waals surface area (Å²) in [5, 5.41) is 14.6. The standard InChI is InChI=1S/C16H30N6O2/c1-4-14-21-20-13-22(14)12-11-19-16(17-5-2)18-10-8-6-7-9-15(23)24-3/h13H,4-12H2,1-3H3,(H2,17,18,19). The zero-order valence-electron chi connectivity index (χ0n) is 15.0. The van der Waals surface area contributed by atoms with Crippen LogP contribution in [-0.2, 0) is 22.5 Å². The maximum absolute atomic E-state index is 11.0. The Balaban J connectivity index is 2.25. The van der Waals surface area contributed by atoms with E-state index in [9.17, 15) is 4.79 Å². The molecule has 1 heterocycles. The summed E-state index contributed by atoms with van der Waals surface area (Å²) in [4.78, 5) is 15.6. The number of carbonyl (C=O) groups is 1. The third kappa shape index (κ3) is 7.94. The molecule has 136 valence electrons. The van der Waals surface area contributed by atoms with Crippen LogP contribution in [0.1, 0.15) is 45.4 Å². The number of aromatic nitrogens is 3. The number of carbonyl (C=O) groups excluding carboxylic acids is 1. The van der Waals surface area contributed by atoms with Crippen LogP contribution in [0.5, 0.6) is 0 Å². The van der Waals surface area contributed by atoms with E-state index in [0.29, 0.717) is 6.42 Å². The normalized spacial score (nSPS) is 11.4. The smallest absolute Gasteiger partial charge is 0.305 e. The first-order valence-corrected chi connectivity index (χ1v) is 8.66. The molecule has 0 saturated heterocycles. The Kier molecular flexibility index (Phi) is 10.2. The number of hydrogen-bond acceptors (Lipinski definition) is 5. The van der Waals surface area contributed by atoms with E-state index in [-0.39, 0.29) is 5.97 Å². The van der Waals surface area contributed by atoms with Crippen LogP contribution in [0.15, 0.2) is 11.3 Å². The number of methoxy groups -OCH3 is 1. The summed E-state index contributed by atoms with van der Waals surface area (Å²) in [5.41, 5.74) is 0. The summed E-state index contributed by atoms with van der Waals surface area (Å²) in [6, 6.07) is 0. The average molecular weight is 338 g/mol. The molecule has 0 unspecified atom stereocenters. The van der Waals surface area contributed by atoms with Gasteiger partial charge in [0.1, 0.15) is 12.2 Å². The van der Waals surface area contributed by atoms with Crippen molar-refractivity contribution in [3.05, 3.63) is 12.2 Å². The Bertz CT molecular complexity index is 501. The molecule has 0 aromatic carbocycles. The van der Waals surface area contributed by atoms with Crippen molar-refractivity contribution in [2.24, 2.45) is 4.99 Å². The van der Waals surface area contributed by atoms with Crippen LogP contribution in [0.2, 0.25) is 0 Å². The van der Waals surface area contributed by atoms with Crippen molar-refractivity contribution in [2.75, 3.05) is 26.7 Å². The molecule has 0 radical (unpaired) electrons. The molecule has 8 heteroatoms. The highest BCUT2D eigenvalue weighted by Gasteiger charge is 2.02. The molecule has 2 N–H and O–H groups in total. The lowest BCUT2D eigenvalue weighted by Crippen LogP contribution is -2.39. The highest BCUT2D eigenvalue weighted by atomic mass is 16.5. The first-order chi connectivity index (χ1) is 11.7. The molecular weight excluding hydrogens is 308 g/mol. The molecule has 0 bridgehead atoms. The molecule has 0 aliphatic rings. The fraction of sp³-hybridized carbons (Fsp3) is 0.750. The molecule has 0 amide bonds. The maximum Gasteiger partial charge on any atom is 0.305 e. The quantitative estimate of drug-likeness (QED) is 0.272. The molecule has 0 aliphatic heterocycles. The highest BCUT2D eigenvalue weighted by molar-refractivity contribution is 5.79. The van der Waals surface area contributed by atoms with E-state index in [2.05, 4.69) is 37.5 Å². The number of ether oxygens (including phenoxy) is 1. The van der Waals surface area contributed by atoms with Gasteiger partial charge in [0.05, 0.1) is 7.11 Å². The second-order valence-electron chi connectivity index (χ2n) is 5.37. The second-order valence-corrected chi connectivity index (χ2v) is 5.37. The molecule has 0 spiro atoms.